The average Bonchev–Trinajstić information content (AvgIpc) is 2.27. The molecule has 0 aliphatic carbocycles. The Morgan fingerprint density at radius 1 is 1.53 bits per heavy atom. The third-order valence-electron chi connectivity index (χ3n) is 1.97. The quantitative estimate of drug-likeness (QED) is 0.246. The van der Waals surface area contributed by atoms with Crippen molar-refractivity contribution >= 4 is 30.1 Å². The lowest BCUT2D eigenvalue weighted by atomic mass is 10.1. The smallest absolute Gasteiger partial charge is 0.281 e. The van der Waals surface area contributed by atoms with Crippen molar-refractivity contribution in [3.05, 3.63) is 34.9 Å². The molecule has 1 atom stereocenters. The first-order valence-corrected chi connectivity index (χ1v) is 4.91. The summed E-state index contributed by atoms with van der Waals surface area (Å²) in [6.45, 7) is 0. The van der Waals surface area contributed by atoms with Gasteiger partial charge in [0.25, 0.3) is 5.91 Å². The molecule has 0 heterocycles. The van der Waals surface area contributed by atoms with Gasteiger partial charge in [0.2, 0.25) is 4.93 Å². The summed E-state index contributed by atoms with van der Waals surface area (Å²) in [6, 6.07) is 6.58. The van der Waals surface area contributed by atoms with E-state index in [0.29, 0.717) is 10.6 Å². The molecule has 1 rings (SSSR count). The van der Waals surface area contributed by atoms with Crippen molar-refractivity contribution in [2.45, 2.75) is 4.93 Å². The van der Waals surface area contributed by atoms with Gasteiger partial charge in [0, 0.05) is 17.7 Å². The lowest BCUT2D eigenvalue weighted by molar-refractivity contribution is -0.134. The molecular formula is C9H11ClN2O2S. The molecular weight excluding hydrogens is 236 g/mol. The molecule has 1 unspecified atom stereocenters. The monoisotopic (exact) mass is 246 g/mol. The number of ether oxygens (including phenoxy) is 1. The zero-order valence-electron chi connectivity index (χ0n) is 8.03. The molecule has 0 aromatic heterocycles. The Kier molecular flexibility index (Phi) is 3.98. The number of hydrazine groups is 1. The number of carbonyl (C=O) groups excluding carboxylic acids is 1. The van der Waals surface area contributed by atoms with Crippen LogP contribution in [-0.2, 0) is 14.5 Å². The predicted octanol–water partition coefficient (Wildman–Crippen LogP) is 1.06. The van der Waals surface area contributed by atoms with Crippen LogP contribution in [0.25, 0.3) is 0 Å². The number of nitrogens with two attached hydrogens (primary N) is 1. The largest absolute Gasteiger partial charge is 0.355 e. The first-order chi connectivity index (χ1) is 7.04. The van der Waals surface area contributed by atoms with Crippen LogP contribution in [0.15, 0.2) is 24.3 Å². The minimum atomic E-state index is -1.40. The summed E-state index contributed by atoms with van der Waals surface area (Å²) in [5.74, 6) is 4.50. The molecule has 0 saturated carbocycles. The van der Waals surface area contributed by atoms with Crippen LogP contribution >= 0.6 is 24.2 Å². The van der Waals surface area contributed by atoms with E-state index in [2.05, 4.69) is 12.6 Å². The summed E-state index contributed by atoms with van der Waals surface area (Å²) in [7, 11) is 1.37. The van der Waals surface area contributed by atoms with Gasteiger partial charge >= 0.3 is 0 Å². The van der Waals surface area contributed by atoms with E-state index in [1.807, 2.05) is 5.43 Å². The molecule has 3 N–H and O–H groups in total. The van der Waals surface area contributed by atoms with Crippen LogP contribution in [0.3, 0.4) is 0 Å². The van der Waals surface area contributed by atoms with E-state index in [9.17, 15) is 4.79 Å². The molecule has 0 aliphatic rings. The SMILES string of the molecule is COC(S)(C(=O)NN)c1ccc(Cl)cc1. The second-order valence-electron chi connectivity index (χ2n) is 2.83. The third kappa shape index (κ3) is 2.43. The molecule has 0 saturated heterocycles. The zero-order valence-corrected chi connectivity index (χ0v) is 9.68. The number of carbonyl (C=O) groups is 1. The van der Waals surface area contributed by atoms with Crippen LogP contribution in [0.2, 0.25) is 5.02 Å². The van der Waals surface area contributed by atoms with Gasteiger partial charge in [-0.25, -0.2) is 5.84 Å². The summed E-state index contributed by atoms with van der Waals surface area (Å²) in [5, 5.41) is 0.568. The fourth-order valence-electron chi connectivity index (χ4n) is 1.12. The van der Waals surface area contributed by atoms with Crippen molar-refractivity contribution < 1.29 is 9.53 Å². The van der Waals surface area contributed by atoms with Gasteiger partial charge in [-0.1, -0.05) is 23.7 Å². The number of rotatable bonds is 3. The van der Waals surface area contributed by atoms with Crippen molar-refractivity contribution in [1.82, 2.24) is 5.43 Å². The minimum absolute atomic E-state index is 0.546. The van der Waals surface area contributed by atoms with Crippen molar-refractivity contribution in [3.8, 4) is 0 Å². The van der Waals surface area contributed by atoms with E-state index in [1.165, 1.54) is 7.11 Å². The number of nitrogens with one attached hydrogen (secondary N) is 1. The lowest BCUT2D eigenvalue weighted by Gasteiger charge is -2.25. The zero-order chi connectivity index (χ0) is 11.5. The topological polar surface area (TPSA) is 64.3 Å². The highest BCUT2D eigenvalue weighted by Gasteiger charge is 2.36. The summed E-state index contributed by atoms with van der Waals surface area (Å²) < 4.78 is 5.05. The predicted molar refractivity (Wildman–Crippen MR) is 61.5 cm³/mol. The summed E-state index contributed by atoms with van der Waals surface area (Å²) in [4.78, 5) is 10.1. The van der Waals surface area contributed by atoms with E-state index >= 15 is 0 Å². The van der Waals surface area contributed by atoms with E-state index in [0.717, 1.165) is 0 Å². The van der Waals surface area contributed by atoms with Crippen molar-refractivity contribution in [2.24, 2.45) is 5.84 Å². The Bertz CT molecular complexity index is 358. The van der Waals surface area contributed by atoms with Crippen LogP contribution in [0.4, 0.5) is 0 Å². The number of hydrogen-bond donors (Lipinski definition) is 3. The third-order valence-corrected chi connectivity index (χ3v) is 2.87. The molecule has 1 aromatic carbocycles. The van der Waals surface area contributed by atoms with Gasteiger partial charge in [0.1, 0.15) is 0 Å². The van der Waals surface area contributed by atoms with Gasteiger partial charge in [-0.15, -0.1) is 12.6 Å². The van der Waals surface area contributed by atoms with Crippen LogP contribution in [0.1, 0.15) is 5.56 Å². The highest BCUT2D eigenvalue weighted by atomic mass is 35.5. The number of benzene rings is 1. The van der Waals surface area contributed by atoms with E-state index in [4.69, 9.17) is 22.2 Å². The van der Waals surface area contributed by atoms with Gasteiger partial charge < -0.3 is 4.74 Å². The Hall–Kier alpha value is -0.750. The first-order valence-electron chi connectivity index (χ1n) is 4.09. The standard InChI is InChI=1S/C9H11ClN2O2S/c1-14-9(15,8(13)12-11)6-2-4-7(10)5-3-6/h2-5,15H,11H2,1H3,(H,12,13). The van der Waals surface area contributed by atoms with Gasteiger partial charge in [0.05, 0.1) is 0 Å². The van der Waals surface area contributed by atoms with E-state index in [-0.39, 0.29) is 0 Å². The van der Waals surface area contributed by atoms with Crippen LogP contribution < -0.4 is 11.3 Å². The number of halogens is 1. The molecule has 0 bridgehead atoms. The maximum atomic E-state index is 11.5. The maximum absolute atomic E-state index is 11.5. The minimum Gasteiger partial charge on any atom is -0.355 e. The Labute approximate surface area is 98.1 Å². The van der Waals surface area contributed by atoms with E-state index < -0.39 is 10.8 Å². The second-order valence-corrected chi connectivity index (χ2v) is 3.89. The van der Waals surface area contributed by atoms with E-state index in [1.54, 1.807) is 24.3 Å². The van der Waals surface area contributed by atoms with Crippen molar-refractivity contribution in [3.63, 3.8) is 0 Å². The van der Waals surface area contributed by atoms with Gasteiger partial charge in [-0.05, 0) is 12.1 Å². The number of methoxy groups -OCH3 is 1. The summed E-state index contributed by atoms with van der Waals surface area (Å²) >= 11 is 9.89. The molecule has 0 spiro atoms. The van der Waals surface area contributed by atoms with Crippen LogP contribution in [0, 0.1) is 0 Å². The molecule has 15 heavy (non-hydrogen) atoms. The molecule has 1 aromatic rings. The molecule has 82 valence electrons. The lowest BCUT2D eigenvalue weighted by Crippen LogP contribution is -2.45. The molecule has 0 fully saturated rings. The number of thiol groups is 1. The summed E-state index contributed by atoms with van der Waals surface area (Å²) in [6.07, 6.45) is 0. The highest BCUT2D eigenvalue weighted by molar-refractivity contribution is 7.82. The molecule has 6 heteroatoms. The van der Waals surface area contributed by atoms with Gasteiger partial charge in [-0.3, -0.25) is 10.2 Å². The molecule has 0 radical (unpaired) electrons. The molecule has 1 amide bonds. The van der Waals surface area contributed by atoms with Crippen molar-refractivity contribution in [2.75, 3.05) is 7.11 Å². The molecule has 4 nitrogen and oxygen atoms in total. The van der Waals surface area contributed by atoms with Gasteiger partial charge in [0.15, 0.2) is 0 Å². The first kappa shape index (κ1) is 12.3. The number of hydrogen-bond acceptors (Lipinski definition) is 4. The second kappa shape index (κ2) is 4.85. The van der Waals surface area contributed by atoms with Gasteiger partial charge in [-0.2, -0.15) is 0 Å². The highest BCUT2D eigenvalue weighted by Crippen LogP contribution is 2.30. The average molecular weight is 247 g/mol. The fraction of sp³-hybridized carbons (Fsp3) is 0.222. The van der Waals surface area contributed by atoms with Crippen LogP contribution in [0.5, 0.6) is 0 Å². The maximum Gasteiger partial charge on any atom is 0.281 e. The Morgan fingerprint density at radius 2 is 2.07 bits per heavy atom. The normalized spacial score (nSPS) is 14.4. The van der Waals surface area contributed by atoms with Crippen LogP contribution in [-0.4, -0.2) is 13.0 Å². The molecule has 0 aliphatic heterocycles. The van der Waals surface area contributed by atoms with Crippen molar-refractivity contribution in [1.29, 1.82) is 0 Å². The Morgan fingerprint density at radius 3 is 2.47 bits per heavy atom. The summed E-state index contributed by atoms with van der Waals surface area (Å²) in [5.41, 5.74) is 2.55. The fourth-order valence-corrected chi connectivity index (χ4v) is 1.45. The number of amides is 1. The Balaban J connectivity index is 3.11.